The van der Waals surface area contributed by atoms with Crippen molar-refractivity contribution in [3.05, 3.63) is 65.4 Å². The molecule has 0 aliphatic rings. The van der Waals surface area contributed by atoms with Gasteiger partial charge >= 0.3 is 0 Å². The van der Waals surface area contributed by atoms with Crippen molar-refractivity contribution in [3.63, 3.8) is 0 Å². The fourth-order valence-electron chi connectivity index (χ4n) is 1.91. The maximum Gasteiger partial charge on any atom is 0.248 e. The van der Waals surface area contributed by atoms with E-state index < -0.39 is 0 Å². The Bertz CT molecular complexity index is 654. The zero-order valence-electron chi connectivity index (χ0n) is 13.2. The van der Waals surface area contributed by atoms with Crippen LogP contribution in [0.2, 0.25) is 0 Å². The maximum atomic E-state index is 11.6. The van der Waals surface area contributed by atoms with Crippen molar-refractivity contribution < 1.29 is 4.79 Å². The van der Waals surface area contributed by atoms with E-state index in [9.17, 15) is 4.79 Å². The van der Waals surface area contributed by atoms with Crippen molar-refractivity contribution in [2.24, 2.45) is 0 Å². The summed E-state index contributed by atoms with van der Waals surface area (Å²) in [6.07, 6.45) is 3.21. The first-order valence-electron chi connectivity index (χ1n) is 7.24. The monoisotopic (exact) mass is 295 g/mol. The molecule has 1 aromatic heterocycles. The van der Waals surface area contributed by atoms with Crippen LogP contribution in [0.5, 0.6) is 0 Å². The smallest absolute Gasteiger partial charge is 0.248 e. The molecule has 0 radical (unpaired) electrons. The van der Waals surface area contributed by atoms with Gasteiger partial charge in [0.1, 0.15) is 5.82 Å². The molecule has 1 heterocycles. The van der Waals surface area contributed by atoms with Crippen molar-refractivity contribution in [1.82, 2.24) is 4.98 Å². The van der Waals surface area contributed by atoms with E-state index in [-0.39, 0.29) is 5.91 Å². The molecule has 0 aliphatic carbocycles. The highest BCUT2D eigenvalue weighted by Crippen LogP contribution is 2.11. The summed E-state index contributed by atoms with van der Waals surface area (Å²) in [7, 11) is 0. The summed E-state index contributed by atoms with van der Waals surface area (Å²) in [6, 6.07) is 12.1. The fraction of sp³-hybridized carbons (Fsp3) is 0.222. The number of aromatic nitrogens is 1. The second-order valence-corrected chi connectivity index (χ2v) is 5.48. The molecule has 0 aliphatic heterocycles. The van der Waals surface area contributed by atoms with Gasteiger partial charge in [-0.15, -0.1) is 0 Å². The van der Waals surface area contributed by atoms with Gasteiger partial charge in [-0.3, -0.25) is 4.79 Å². The van der Waals surface area contributed by atoms with Gasteiger partial charge in [-0.2, -0.15) is 0 Å². The second-order valence-electron chi connectivity index (χ2n) is 5.48. The van der Waals surface area contributed by atoms with Gasteiger partial charge in [0.2, 0.25) is 5.91 Å². The number of nitrogens with one attached hydrogen (secondary N) is 2. The lowest BCUT2D eigenvalue weighted by Crippen LogP contribution is -2.09. The van der Waals surface area contributed by atoms with Crippen LogP contribution in [0.25, 0.3) is 0 Å². The molecule has 114 valence electrons. The topological polar surface area (TPSA) is 54.0 Å². The molecule has 0 unspecified atom stereocenters. The summed E-state index contributed by atoms with van der Waals surface area (Å²) in [5, 5.41) is 6.03. The lowest BCUT2D eigenvalue weighted by atomic mass is 10.1. The predicted molar refractivity (Wildman–Crippen MR) is 90.8 cm³/mol. The quantitative estimate of drug-likeness (QED) is 0.822. The summed E-state index contributed by atoms with van der Waals surface area (Å²) in [5.41, 5.74) is 4.09. The molecule has 0 saturated heterocycles. The summed E-state index contributed by atoms with van der Waals surface area (Å²) < 4.78 is 0. The summed E-state index contributed by atoms with van der Waals surface area (Å²) in [6.45, 7) is 6.56. The number of aryl methyl sites for hydroxylation is 1. The van der Waals surface area contributed by atoms with Crippen molar-refractivity contribution in [1.29, 1.82) is 0 Å². The summed E-state index contributed by atoms with van der Waals surface area (Å²) >= 11 is 0. The Morgan fingerprint density at radius 1 is 1.14 bits per heavy atom. The van der Waals surface area contributed by atoms with Gasteiger partial charge in [0.05, 0.1) is 11.9 Å². The highest BCUT2D eigenvalue weighted by molar-refractivity contribution is 5.99. The molecule has 0 bridgehead atoms. The molecule has 4 nitrogen and oxygen atoms in total. The van der Waals surface area contributed by atoms with Crippen LogP contribution in [0, 0.1) is 6.92 Å². The van der Waals surface area contributed by atoms with E-state index >= 15 is 0 Å². The highest BCUT2D eigenvalue weighted by Gasteiger charge is 2.00. The minimum absolute atomic E-state index is 0.137. The minimum atomic E-state index is -0.137. The standard InChI is InChI=1S/C18H21N3O/c1-13(2)10-18(22)21-16-8-9-17(20-12-16)19-11-15-6-4-14(3)5-7-15/h4-10,12H,11H2,1-3H3,(H,19,20)(H,21,22). The zero-order chi connectivity index (χ0) is 15.9. The van der Waals surface area contributed by atoms with E-state index in [2.05, 4.69) is 46.8 Å². The molecular weight excluding hydrogens is 274 g/mol. The molecule has 1 amide bonds. The molecule has 22 heavy (non-hydrogen) atoms. The van der Waals surface area contributed by atoms with Crippen LogP contribution in [-0.4, -0.2) is 10.9 Å². The summed E-state index contributed by atoms with van der Waals surface area (Å²) in [5.74, 6) is 0.642. The van der Waals surface area contributed by atoms with Gasteiger partial charge < -0.3 is 10.6 Å². The van der Waals surface area contributed by atoms with Crippen LogP contribution in [-0.2, 0) is 11.3 Å². The zero-order valence-corrected chi connectivity index (χ0v) is 13.2. The Balaban J connectivity index is 1.90. The van der Waals surface area contributed by atoms with E-state index in [1.807, 2.05) is 26.0 Å². The molecule has 1 aromatic carbocycles. The Morgan fingerprint density at radius 2 is 1.86 bits per heavy atom. The average Bonchev–Trinajstić information content (AvgIpc) is 2.47. The Hall–Kier alpha value is -2.62. The number of benzene rings is 1. The molecule has 2 N–H and O–H groups in total. The van der Waals surface area contributed by atoms with Crippen LogP contribution < -0.4 is 10.6 Å². The van der Waals surface area contributed by atoms with Crippen LogP contribution in [0.1, 0.15) is 25.0 Å². The lowest BCUT2D eigenvalue weighted by molar-refractivity contribution is -0.111. The van der Waals surface area contributed by atoms with Crippen LogP contribution in [0.3, 0.4) is 0 Å². The number of allylic oxidation sites excluding steroid dienone is 1. The molecule has 2 aromatic rings. The Morgan fingerprint density at radius 3 is 2.45 bits per heavy atom. The molecule has 4 heteroatoms. The third-order valence-corrected chi connectivity index (χ3v) is 3.05. The number of rotatable bonds is 5. The number of carbonyl (C=O) groups excluding carboxylic acids is 1. The third-order valence-electron chi connectivity index (χ3n) is 3.05. The van der Waals surface area contributed by atoms with E-state index in [0.29, 0.717) is 5.69 Å². The molecule has 2 rings (SSSR count). The second kappa shape index (κ2) is 7.41. The number of nitrogens with zero attached hydrogens (tertiary/aromatic N) is 1. The number of pyridine rings is 1. The van der Waals surface area contributed by atoms with Gasteiger partial charge in [-0.25, -0.2) is 4.98 Å². The van der Waals surface area contributed by atoms with E-state index in [1.54, 1.807) is 12.3 Å². The van der Waals surface area contributed by atoms with Crippen molar-refractivity contribution in [3.8, 4) is 0 Å². The number of hydrogen-bond donors (Lipinski definition) is 2. The SMILES string of the molecule is CC(C)=CC(=O)Nc1ccc(NCc2ccc(C)cc2)nc1. The first-order valence-corrected chi connectivity index (χ1v) is 7.24. The third kappa shape index (κ3) is 5.05. The van der Waals surface area contributed by atoms with Crippen LogP contribution in [0.15, 0.2) is 54.2 Å². The predicted octanol–water partition coefficient (Wildman–Crippen LogP) is 3.91. The first-order chi connectivity index (χ1) is 10.5. The van der Waals surface area contributed by atoms with Crippen molar-refractivity contribution in [2.75, 3.05) is 10.6 Å². The fourth-order valence-corrected chi connectivity index (χ4v) is 1.91. The molecular formula is C18H21N3O. The number of carbonyl (C=O) groups is 1. The van der Waals surface area contributed by atoms with E-state index in [4.69, 9.17) is 0 Å². The number of hydrogen-bond acceptors (Lipinski definition) is 3. The van der Waals surface area contributed by atoms with Gasteiger partial charge in [-0.1, -0.05) is 35.4 Å². The normalized spacial score (nSPS) is 9.95. The van der Waals surface area contributed by atoms with E-state index in [1.165, 1.54) is 11.1 Å². The minimum Gasteiger partial charge on any atom is -0.366 e. The molecule has 0 atom stereocenters. The van der Waals surface area contributed by atoms with Gasteiger partial charge in [-0.05, 0) is 38.5 Å². The molecule has 0 fully saturated rings. The average molecular weight is 295 g/mol. The maximum absolute atomic E-state index is 11.6. The van der Waals surface area contributed by atoms with Gasteiger partial charge in [0, 0.05) is 12.6 Å². The molecule has 0 saturated carbocycles. The van der Waals surface area contributed by atoms with Crippen LogP contribution >= 0.6 is 0 Å². The number of amides is 1. The largest absolute Gasteiger partial charge is 0.366 e. The van der Waals surface area contributed by atoms with Crippen LogP contribution in [0.4, 0.5) is 11.5 Å². The van der Waals surface area contributed by atoms with Gasteiger partial charge in [0.25, 0.3) is 0 Å². The Labute approximate surface area is 131 Å². The summed E-state index contributed by atoms with van der Waals surface area (Å²) in [4.78, 5) is 15.9. The van der Waals surface area contributed by atoms with Crippen molar-refractivity contribution in [2.45, 2.75) is 27.3 Å². The molecule has 0 spiro atoms. The number of anilines is 2. The first kappa shape index (κ1) is 15.8. The van der Waals surface area contributed by atoms with E-state index in [0.717, 1.165) is 17.9 Å². The lowest BCUT2D eigenvalue weighted by Gasteiger charge is -2.07. The van der Waals surface area contributed by atoms with Gasteiger partial charge in [0.15, 0.2) is 0 Å². The highest BCUT2D eigenvalue weighted by atomic mass is 16.1. The Kier molecular flexibility index (Phi) is 5.31. The van der Waals surface area contributed by atoms with Crippen molar-refractivity contribution >= 4 is 17.4 Å².